The van der Waals surface area contributed by atoms with Crippen LogP contribution in [-0.4, -0.2) is 56.7 Å². The van der Waals surface area contributed by atoms with Crippen molar-refractivity contribution in [2.45, 2.75) is 25.4 Å². The van der Waals surface area contributed by atoms with Gasteiger partial charge in [0.2, 0.25) is 11.6 Å². The second-order valence-corrected chi connectivity index (χ2v) is 6.06. The van der Waals surface area contributed by atoms with Crippen LogP contribution in [0.15, 0.2) is 16.5 Å². The fraction of sp³-hybridized carbons (Fsp3) is 0.500. The van der Waals surface area contributed by atoms with Crippen molar-refractivity contribution in [1.82, 2.24) is 15.5 Å². The molecule has 1 aromatic carbocycles. The highest BCUT2D eigenvalue weighted by Gasteiger charge is 2.20. The Balaban J connectivity index is 1.67. The zero-order valence-corrected chi connectivity index (χ0v) is 15.6. The van der Waals surface area contributed by atoms with Crippen molar-refractivity contribution in [2.75, 3.05) is 34.5 Å². The molecular formula is C18H23N3O6. The lowest BCUT2D eigenvalue weighted by molar-refractivity contribution is 0.0828. The van der Waals surface area contributed by atoms with Crippen molar-refractivity contribution in [3.63, 3.8) is 0 Å². The maximum absolute atomic E-state index is 12.1. The van der Waals surface area contributed by atoms with Gasteiger partial charge >= 0.3 is 11.8 Å². The Morgan fingerprint density at radius 3 is 2.52 bits per heavy atom. The Labute approximate surface area is 156 Å². The highest BCUT2D eigenvalue weighted by atomic mass is 16.5. The van der Waals surface area contributed by atoms with Crippen molar-refractivity contribution in [2.24, 2.45) is 0 Å². The minimum atomic E-state index is -0.408. The van der Waals surface area contributed by atoms with Crippen LogP contribution in [0.4, 0.5) is 0 Å². The van der Waals surface area contributed by atoms with Gasteiger partial charge in [0.15, 0.2) is 11.5 Å². The Morgan fingerprint density at radius 2 is 1.93 bits per heavy atom. The average molecular weight is 377 g/mol. The van der Waals surface area contributed by atoms with Crippen LogP contribution < -0.4 is 19.5 Å². The van der Waals surface area contributed by atoms with E-state index in [-0.39, 0.29) is 12.0 Å². The molecule has 0 spiro atoms. The zero-order valence-electron chi connectivity index (χ0n) is 15.6. The number of methoxy groups -OCH3 is 3. The maximum Gasteiger partial charge on any atom is 0.308 e. The van der Waals surface area contributed by atoms with Crippen LogP contribution in [0.2, 0.25) is 0 Å². The van der Waals surface area contributed by atoms with Crippen molar-refractivity contribution in [1.29, 1.82) is 0 Å². The summed E-state index contributed by atoms with van der Waals surface area (Å²) in [5, 5.41) is 10.5. The van der Waals surface area contributed by atoms with Crippen LogP contribution in [0.25, 0.3) is 0 Å². The summed E-state index contributed by atoms with van der Waals surface area (Å²) in [7, 11) is 4.63. The Kier molecular flexibility index (Phi) is 6.12. The first-order chi connectivity index (χ1) is 13.1. The molecule has 1 aliphatic heterocycles. The first-order valence-electron chi connectivity index (χ1n) is 8.65. The van der Waals surface area contributed by atoms with Crippen LogP contribution >= 0.6 is 0 Å². The van der Waals surface area contributed by atoms with Gasteiger partial charge in [-0.15, -0.1) is 10.2 Å². The number of nitrogens with one attached hydrogen (secondary N) is 1. The van der Waals surface area contributed by atoms with Gasteiger partial charge < -0.3 is 28.7 Å². The molecule has 9 heteroatoms. The third kappa shape index (κ3) is 4.48. The molecule has 0 radical (unpaired) electrons. The Hall–Kier alpha value is -2.81. The molecule has 1 aliphatic rings. The first kappa shape index (κ1) is 19.0. The molecule has 27 heavy (non-hydrogen) atoms. The van der Waals surface area contributed by atoms with E-state index in [2.05, 4.69) is 15.5 Å². The van der Waals surface area contributed by atoms with Crippen molar-refractivity contribution in [3.8, 4) is 17.2 Å². The van der Waals surface area contributed by atoms with Gasteiger partial charge in [-0.05, 0) is 30.5 Å². The molecule has 1 aromatic heterocycles. The van der Waals surface area contributed by atoms with E-state index >= 15 is 0 Å². The molecule has 0 bridgehead atoms. The normalized spacial score (nSPS) is 16.2. The number of aromatic nitrogens is 2. The third-order valence-corrected chi connectivity index (χ3v) is 4.26. The summed E-state index contributed by atoms with van der Waals surface area (Å²) in [6.07, 6.45) is 2.33. The van der Waals surface area contributed by atoms with Crippen LogP contribution in [0, 0.1) is 0 Å². The number of hydrogen-bond donors (Lipinski definition) is 1. The topological polar surface area (TPSA) is 105 Å². The Morgan fingerprint density at radius 1 is 1.19 bits per heavy atom. The molecule has 1 saturated heterocycles. The lowest BCUT2D eigenvalue weighted by atomic mass is 10.1. The summed E-state index contributed by atoms with van der Waals surface area (Å²) in [5.41, 5.74) is 0.819. The van der Waals surface area contributed by atoms with E-state index in [1.165, 1.54) is 0 Å². The number of carbonyl (C=O) groups is 1. The van der Waals surface area contributed by atoms with Crippen molar-refractivity contribution >= 4 is 5.91 Å². The van der Waals surface area contributed by atoms with E-state index in [4.69, 9.17) is 23.4 Å². The molecule has 1 amide bonds. The fourth-order valence-electron chi connectivity index (χ4n) is 2.92. The van der Waals surface area contributed by atoms with Crippen molar-refractivity contribution < 1.29 is 28.2 Å². The van der Waals surface area contributed by atoms with Gasteiger partial charge in [0.25, 0.3) is 0 Å². The van der Waals surface area contributed by atoms with Crippen LogP contribution in [0.3, 0.4) is 0 Å². The zero-order chi connectivity index (χ0) is 19.2. The van der Waals surface area contributed by atoms with E-state index in [0.29, 0.717) is 36.1 Å². The standard InChI is InChI=1S/C18H23N3O6/c1-23-13-7-11(8-14(24-2)16(13)25-3)9-15-20-21-18(27-15)17(22)19-10-12-5-4-6-26-12/h7-8,12H,4-6,9-10H2,1-3H3,(H,19,22)/t12-/m1/s1. The van der Waals surface area contributed by atoms with Gasteiger partial charge in [0.05, 0.1) is 33.9 Å². The highest BCUT2D eigenvalue weighted by Crippen LogP contribution is 2.38. The minimum Gasteiger partial charge on any atom is -0.493 e. The molecule has 9 nitrogen and oxygen atoms in total. The predicted octanol–water partition coefficient (Wildman–Crippen LogP) is 1.59. The number of rotatable bonds is 8. The summed E-state index contributed by atoms with van der Waals surface area (Å²) in [4.78, 5) is 12.1. The summed E-state index contributed by atoms with van der Waals surface area (Å²) in [6, 6.07) is 3.59. The molecule has 2 aromatic rings. The predicted molar refractivity (Wildman–Crippen MR) is 94.5 cm³/mol. The molecule has 0 aliphatic carbocycles. The van der Waals surface area contributed by atoms with E-state index in [1.807, 2.05) is 0 Å². The quantitative estimate of drug-likeness (QED) is 0.740. The van der Waals surface area contributed by atoms with Gasteiger partial charge in [0.1, 0.15) is 0 Å². The van der Waals surface area contributed by atoms with E-state index in [0.717, 1.165) is 25.0 Å². The highest BCUT2D eigenvalue weighted by molar-refractivity contribution is 5.89. The summed E-state index contributed by atoms with van der Waals surface area (Å²) in [6.45, 7) is 1.17. The third-order valence-electron chi connectivity index (χ3n) is 4.26. The smallest absolute Gasteiger partial charge is 0.308 e. The Bertz CT molecular complexity index is 760. The van der Waals surface area contributed by atoms with E-state index < -0.39 is 5.91 Å². The van der Waals surface area contributed by atoms with E-state index in [1.54, 1.807) is 33.5 Å². The summed E-state index contributed by atoms with van der Waals surface area (Å²) >= 11 is 0. The van der Waals surface area contributed by atoms with Crippen molar-refractivity contribution in [3.05, 3.63) is 29.5 Å². The number of carbonyl (C=O) groups excluding carboxylic acids is 1. The molecule has 2 heterocycles. The average Bonchev–Trinajstić information content (AvgIpc) is 3.37. The number of ether oxygens (including phenoxy) is 4. The number of benzene rings is 1. The molecule has 1 atom stereocenters. The lowest BCUT2D eigenvalue weighted by Crippen LogP contribution is -2.31. The monoisotopic (exact) mass is 377 g/mol. The molecule has 3 rings (SSSR count). The first-order valence-corrected chi connectivity index (χ1v) is 8.65. The van der Waals surface area contributed by atoms with Crippen LogP contribution in [0.1, 0.15) is 35.0 Å². The fourth-order valence-corrected chi connectivity index (χ4v) is 2.92. The molecular weight excluding hydrogens is 354 g/mol. The minimum absolute atomic E-state index is 0.0515. The SMILES string of the molecule is COc1cc(Cc2nnc(C(=O)NC[C@H]3CCCO3)o2)cc(OC)c1OC. The second kappa shape index (κ2) is 8.72. The summed E-state index contributed by atoms with van der Waals surface area (Å²) < 4.78 is 26.9. The van der Waals surface area contributed by atoms with Gasteiger partial charge in [-0.1, -0.05) is 0 Å². The van der Waals surface area contributed by atoms with E-state index in [9.17, 15) is 4.79 Å². The molecule has 0 unspecified atom stereocenters. The number of nitrogens with zero attached hydrogens (tertiary/aromatic N) is 2. The second-order valence-electron chi connectivity index (χ2n) is 6.06. The molecule has 1 fully saturated rings. The van der Waals surface area contributed by atoms with Gasteiger partial charge in [-0.3, -0.25) is 4.79 Å². The van der Waals surface area contributed by atoms with Gasteiger partial charge in [-0.2, -0.15) is 0 Å². The maximum atomic E-state index is 12.1. The lowest BCUT2D eigenvalue weighted by Gasteiger charge is -2.13. The van der Waals surface area contributed by atoms with Gasteiger partial charge in [-0.25, -0.2) is 0 Å². The van der Waals surface area contributed by atoms with Gasteiger partial charge in [0, 0.05) is 13.2 Å². The molecule has 146 valence electrons. The van der Waals surface area contributed by atoms with Crippen LogP contribution in [0.5, 0.6) is 17.2 Å². The number of amides is 1. The largest absolute Gasteiger partial charge is 0.493 e. The summed E-state index contributed by atoms with van der Waals surface area (Å²) in [5.74, 6) is 1.39. The molecule has 1 N–H and O–H groups in total. The number of hydrogen-bond acceptors (Lipinski definition) is 8. The molecule has 0 saturated carbocycles. The van der Waals surface area contributed by atoms with Crippen LogP contribution in [-0.2, 0) is 11.2 Å².